The first-order chi connectivity index (χ1) is 16.3. The predicted molar refractivity (Wildman–Crippen MR) is 122 cm³/mol. The van der Waals surface area contributed by atoms with Crippen molar-refractivity contribution in [3.8, 4) is 0 Å². The second-order valence-electron chi connectivity index (χ2n) is 7.43. The molecule has 0 fully saturated rings. The van der Waals surface area contributed by atoms with Gasteiger partial charge in [0.1, 0.15) is 16.8 Å². The fourth-order valence-corrected chi connectivity index (χ4v) is 5.42. The summed E-state index contributed by atoms with van der Waals surface area (Å²) in [6, 6.07) is 16.9. The Morgan fingerprint density at radius 2 is 1.62 bits per heavy atom. The molecule has 9 heteroatoms. The van der Waals surface area contributed by atoms with Gasteiger partial charge in [0.15, 0.2) is 5.76 Å². The first-order valence-electron chi connectivity index (χ1n) is 10.3. The number of hydrogen-bond donors (Lipinski definition) is 1. The first-order valence-corrected chi connectivity index (χ1v) is 11.8. The minimum Gasteiger partial charge on any atom is -0.502 e. The van der Waals surface area contributed by atoms with E-state index in [1.54, 1.807) is 13.0 Å². The van der Waals surface area contributed by atoms with Crippen molar-refractivity contribution in [3.05, 3.63) is 106 Å². The highest BCUT2D eigenvalue weighted by Crippen LogP contribution is 2.44. The van der Waals surface area contributed by atoms with Crippen LogP contribution in [-0.4, -0.2) is 32.0 Å². The summed E-state index contributed by atoms with van der Waals surface area (Å²) in [5.74, 6) is -2.95. The molecule has 1 aliphatic heterocycles. The van der Waals surface area contributed by atoms with Crippen LogP contribution in [0.5, 0.6) is 0 Å². The Morgan fingerprint density at radius 3 is 2.21 bits per heavy atom. The molecule has 1 aliphatic rings. The quantitative estimate of drug-likeness (QED) is 0.526. The molecule has 4 rings (SSSR count). The Morgan fingerprint density at radius 1 is 1.00 bits per heavy atom. The van der Waals surface area contributed by atoms with Gasteiger partial charge in [0.25, 0.3) is 5.91 Å². The molecule has 1 N–H and O–H groups in total. The lowest BCUT2D eigenvalue weighted by Crippen LogP contribution is -2.31. The van der Waals surface area contributed by atoms with Gasteiger partial charge >= 0.3 is 5.97 Å². The van der Waals surface area contributed by atoms with Gasteiger partial charge in [0, 0.05) is 5.69 Å². The summed E-state index contributed by atoms with van der Waals surface area (Å²) in [5.41, 5.74) is 0.754. The fourth-order valence-electron chi connectivity index (χ4n) is 3.77. The van der Waals surface area contributed by atoms with Gasteiger partial charge in [-0.2, -0.15) is 0 Å². The largest absolute Gasteiger partial charge is 0.502 e. The van der Waals surface area contributed by atoms with Crippen molar-refractivity contribution in [2.45, 2.75) is 17.9 Å². The minimum atomic E-state index is -4.30. The van der Waals surface area contributed by atoms with E-state index in [9.17, 15) is 27.5 Å². The van der Waals surface area contributed by atoms with Crippen molar-refractivity contribution in [1.29, 1.82) is 0 Å². The van der Waals surface area contributed by atoms with Crippen LogP contribution in [-0.2, 0) is 19.4 Å². The number of aliphatic hydroxyl groups excluding tert-OH is 1. The third-order valence-electron chi connectivity index (χ3n) is 5.35. The predicted octanol–water partition coefficient (Wildman–Crippen LogP) is 4.33. The number of ether oxygens (including phenoxy) is 1. The van der Waals surface area contributed by atoms with E-state index in [0.29, 0.717) is 0 Å². The summed E-state index contributed by atoms with van der Waals surface area (Å²) in [4.78, 5) is 25.6. The molecule has 0 radical (unpaired) electrons. The Kier molecular flexibility index (Phi) is 6.21. The van der Waals surface area contributed by atoms with Crippen molar-refractivity contribution < 1.29 is 32.2 Å². The molecule has 0 spiro atoms. The molecular formula is C25H20FNO6S. The van der Waals surface area contributed by atoms with Crippen molar-refractivity contribution in [2.75, 3.05) is 11.5 Å². The minimum absolute atomic E-state index is 0.101. The maximum atomic E-state index is 13.6. The van der Waals surface area contributed by atoms with Gasteiger partial charge in [-0.15, -0.1) is 0 Å². The number of benzene rings is 3. The molecule has 0 saturated heterocycles. The van der Waals surface area contributed by atoms with Crippen LogP contribution in [0.1, 0.15) is 28.9 Å². The van der Waals surface area contributed by atoms with E-state index in [1.165, 1.54) is 60.7 Å². The maximum absolute atomic E-state index is 13.6. The number of rotatable bonds is 6. The number of halogens is 1. The first kappa shape index (κ1) is 23.2. The van der Waals surface area contributed by atoms with E-state index in [0.717, 1.165) is 17.0 Å². The molecule has 1 amide bonds. The van der Waals surface area contributed by atoms with E-state index < -0.39 is 44.2 Å². The van der Waals surface area contributed by atoms with E-state index in [-0.39, 0.29) is 28.3 Å². The SMILES string of the molecule is CCOC(=O)c1ccc(N2C(=O)C(O)=C(S(=O)(=O)c3ccccc3)C2c2ccc(F)cc2)cc1. The zero-order valence-electron chi connectivity index (χ0n) is 18.0. The number of sulfone groups is 1. The molecule has 1 unspecified atom stereocenters. The van der Waals surface area contributed by atoms with Gasteiger partial charge in [-0.1, -0.05) is 30.3 Å². The number of carbonyl (C=O) groups excluding carboxylic acids is 2. The summed E-state index contributed by atoms with van der Waals surface area (Å²) < 4.78 is 45.6. The monoisotopic (exact) mass is 481 g/mol. The molecule has 0 aromatic heterocycles. The number of nitrogens with zero attached hydrogens (tertiary/aromatic N) is 1. The highest BCUT2D eigenvalue weighted by atomic mass is 32.2. The van der Waals surface area contributed by atoms with Crippen LogP contribution < -0.4 is 4.90 Å². The van der Waals surface area contributed by atoms with Gasteiger partial charge in [0.05, 0.1) is 17.1 Å². The third-order valence-corrected chi connectivity index (χ3v) is 7.24. The van der Waals surface area contributed by atoms with E-state index in [1.807, 2.05) is 0 Å². The highest BCUT2D eigenvalue weighted by molar-refractivity contribution is 7.95. The molecule has 1 heterocycles. The van der Waals surface area contributed by atoms with E-state index >= 15 is 0 Å². The van der Waals surface area contributed by atoms with Gasteiger partial charge < -0.3 is 9.84 Å². The highest BCUT2D eigenvalue weighted by Gasteiger charge is 2.47. The van der Waals surface area contributed by atoms with Crippen LogP contribution in [0.15, 0.2) is 94.4 Å². The Bertz CT molecular complexity index is 1370. The lowest BCUT2D eigenvalue weighted by atomic mass is 10.1. The number of hydrogen-bond acceptors (Lipinski definition) is 6. The molecule has 0 aliphatic carbocycles. The fraction of sp³-hybridized carbons (Fsp3) is 0.120. The third kappa shape index (κ3) is 4.06. The zero-order valence-corrected chi connectivity index (χ0v) is 18.8. The molecule has 0 bridgehead atoms. The number of carbonyl (C=O) groups is 2. The smallest absolute Gasteiger partial charge is 0.338 e. The van der Waals surface area contributed by atoms with Crippen LogP contribution in [0.3, 0.4) is 0 Å². The molecule has 174 valence electrons. The van der Waals surface area contributed by atoms with Crippen molar-refractivity contribution in [1.82, 2.24) is 0 Å². The van der Waals surface area contributed by atoms with Crippen molar-refractivity contribution in [3.63, 3.8) is 0 Å². The van der Waals surface area contributed by atoms with Crippen LogP contribution >= 0.6 is 0 Å². The number of aliphatic hydroxyl groups is 1. The van der Waals surface area contributed by atoms with E-state index in [2.05, 4.69) is 0 Å². The molecular weight excluding hydrogens is 461 g/mol. The number of amides is 1. The van der Waals surface area contributed by atoms with Crippen LogP contribution in [0.25, 0.3) is 0 Å². The molecule has 1 atom stereocenters. The number of anilines is 1. The van der Waals surface area contributed by atoms with Crippen LogP contribution in [0.4, 0.5) is 10.1 Å². The standard InChI is InChI=1S/C25H20FNO6S/c1-2-33-25(30)17-10-14-19(15-11-17)27-21(16-8-12-18(26)13-9-16)23(22(28)24(27)29)34(31,32)20-6-4-3-5-7-20/h3-15,21,28H,2H2,1H3. The maximum Gasteiger partial charge on any atom is 0.338 e. The average molecular weight is 482 g/mol. The molecule has 34 heavy (non-hydrogen) atoms. The summed E-state index contributed by atoms with van der Waals surface area (Å²) in [6.45, 7) is 1.86. The summed E-state index contributed by atoms with van der Waals surface area (Å²) in [7, 11) is -4.30. The van der Waals surface area contributed by atoms with E-state index in [4.69, 9.17) is 4.74 Å². The summed E-state index contributed by atoms with van der Waals surface area (Å²) in [6.07, 6.45) is 0. The topological polar surface area (TPSA) is 101 Å². The van der Waals surface area contributed by atoms with Gasteiger partial charge in [-0.3, -0.25) is 9.69 Å². The van der Waals surface area contributed by atoms with Crippen molar-refractivity contribution in [2.24, 2.45) is 0 Å². The lowest BCUT2D eigenvalue weighted by Gasteiger charge is -2.27. The molecule has 3 aromatic carbocycles. The van der Waals surface area contributed by atoms with Crippen molar-refractivity contribution >= 4 is 27.4 Å². The Hall–Kier alpha value is -3.98. The Labute approximate surface area is 195 Å². The van der Waals surface area contributed by atoms with Gasteiger partial charge in [-0.25, -0.2) is 17.6 Å². The second kappa shape index (κ2) is 9.11. The van der Waals surface area contributed by atoms with Crippen LogP contribution in [0, 0.1) is 5.82 Å². The zero-order chi connectivity index (χ0) is 24.5. The average Bonchev–Trinajstić information content (AvgIpc) is 3.11. The summed E-state index contributed by atoms with van der Waals surface area (Å²) in [5, 5.41) is 10.7. The second-order valence-corrected chi connectivity index (χ2v) is 9.34. The van der Waals surface area contributed by atoms with Gasteiger partial charge in [0.2, 0.25) is 9.84 Å². The van der Waals surface area contributed by atoms with Crippen LogP contribution in [0.2, 0.25) is 0 Å². The number of esters is 1. The molecule has 7 nitrogen and oxygen atoms in total. The summed E-state index contributed by atoms with van der Waals surface area (Å²) >= 11 is 0. The molecule has 3 aromatic rings. The van der Waals surface area contributed by atoms with Gasteiger partial charge in [-0.05, 0) is 61.0 Å². The lowest BCUT2D eigenvalue weighted by molar-refractivity contribution is -0.117. The Balaban J connectivity index is 1.85. The molecule has 0 saturated carbocycles. The normalized spacial score (nSPS) is 16.1.